The summed E-state index contributed by atoms with van der Waals surface area (Å²) in [5.74, 6) is 7.07. The fourth-order valence-electron chi connectivity index (χ4n) is 4.74. The van der Waals surface area contributed by atoms with E-state index >= 15 is 0 Å². The van der Waals surface area contributed by atoms with Crippen LogP contribution in [0, 0.1) is 22.0 Å². The molecule has 0 aliphatic carbocycles. The monoisotopic (exact) mass is 838 g/mol. The van der Waals surface area contributed by atoms with E-state index in [0.29, 0.717) is 52.8 Å². The van der Waals surface area contributed by atoms with Crippen LogP contribution in [0.2, 0.25) is 0 Å². The quantitative estimate of drug-likeness (QED) is 0.0451. The second-order valence-corrected chi connectivity index (χ2v) is 23.4. The molecule has 5 aromatic rings. The molecule has 254 valence electrons. The molecular weight excluding hydrogens is 805 g/mol. The third-order valence-electron chi connectivity index (χ3n) is 7.29. The molecule has 15 heteroatoms. The predicted octanol–water partition coefficient (Wildman–Crippen LogP) is 2.68. The van der Waals surface area contributed by atoms with Gasteiger partial charge in [0.2, 0.25) is 0 Å². The Hall–Kier alpha value is -4.95. The number of imidazole rings is 1. The third kappa shape index (κ3) is 9.36. The Morgan fingerprint density at radius 1 is 1.16 bits per heavy atom. The molecule has 49 heavy (non-hydrogen) atoms. The van der Waals surface area contributed by atoms with Gasteiger partial charge in [0.25, 0.3) is 0 Å². The summed E-state index contributed by atoms with van der Waals surface area (Å²) in [6, 6.07) is 13.0. The Balaban J connectivity index is 1.20. The summed E-state index contributed by atoms with van der Waals surface area (Å²) in [5.41, 5.74) is 2.77. The molecule has 5 rings (SSSR count). The molecule has 0 saturated heterocycles. The second-order valence-electron chi connectivity index (χ2n) is 11.2. The molecule has 0 radical (unpaired) electrons. The van der Waals surface area contributed by atoms with Crippen LogP contribution in [0.1, 0.15) is 24.1 Å². The van der Waals surface area contributed by atoms with Crippen molar-refractivity contribution in [1.29, 1.82) is 0 Å². The number of hydrogen-bond acceptors (Lipinski definition) is 10. The van der Waals surface area contributed by atoms with Crippen molar-refractivity contribution in [2.24, 2.45) is 7.05 Å². The van der Waals surface area contributed by atoms with E-state index in [1.165, 1.54) is 12.4 Å². The van der Waals surface area contributed by atoms with E-state index in [1.807, 2.05) is 42.5 Å². The van der Waals surface area contributed by atoms with Gasteiger partial charge in [-0.05, 0) is 34.1 Å². The summed E-state index contributed by atoms with van der Waals surface area (Å²) in [7, 11) is 1.75. The van der Waals surface area contributed by atoms with Gasteiger partial charge in [-0.15, -0.1) is 0 Å². The fourth-order valence-corrected chi connectivity index (χ4v) is 9.28. The maximum atomic E-state index is 12.8. The molecule has 4 heterocycles. The van der Waals surface area contributed by atoms with Crippen molar-refractivity contribution < 1.29 is 32.9 Å². The van der Waals surface area contributed by atoms with Crippen molar-refractivity contribution in [2.45, 2.75) is 20.0 Å². The van der Waals surface area contributed by atoms with Gasteiger partial charge in [-0.1, -0.05) is 6.07 Å². The first-order valence-corrected chi connectivity index (χ1v) is 23.1. The fraction of sp³-hybridized carbons (Fsp3) is 0.235. The molecule has 2 N–H and O–H groups in total. The number of benzene rings is 1. The van der Waals surface area contributed by atoms with Crippen LogP contribution < -0.4 is 33.8 Å². The Kier molecular flexibility index (Phi) is 11.5. The van der Waals surface area contributed by atoms with Crippen LogP contribution >= 0.6 is 15.9 Å². The van der Waals surface area contributed by atoms with Crippen LogP contribution in [-0.2, 0) is 24.9 Å². The molecular formula is C34H34BrIN9O4-. The van der Waals surface area contributed by atoms with Gasteiger partial charge < -0.3 is 4.74 Å². The molecule has 0 unspecified atom stereocenters. The van der Waals surface area contributed by atoms with Gasteiger partial charge in [-0.25, -0.2) is 0 Å². The van der Waals surface area contributed by atoms with Crippen LogP contribution in [-0.4, -0.2) is 59.0 Å². The van der Waals surface area contributed by atoms with E-state index < -0.39 is 23.4 Å². The zero-order chi connectivity index (χ0) is 35.0. The summed E-state index contributed by atoms with van der Waals surface area (Å²) in [6.45, 7) is 2.01. The number of anilines is 3. The van der Waals surface area contributed by atoms with Crippen LogP contribution in [0.25, 0.3) is 10.9 Å². The third-order valence-corrected chi connectivity index (χ3v) is 14.3. The van der Waals surface area contributed by atoms with Gasteiger partial charge in [-0.3, -0.25) is 4.98 Å². The Morgan fingerprint density at radius 3 is 2.73 bits per heavy atom. The number of amides is 1. The van der Waals surface area contributed by atoms with Gasteiger partial charge in [-0.2, -0.15) is 0 Å². The average Bonchev–Trinajstić information content (AvgIpc) is 3.39. The molecule has 0 atom stereocenters. The first-order valence-electron chi connectivity index (χ1n) is 14.9. The number of aromatic nitrogens is 6. The van der Waals surface area contributed by atoms with Crippen LogP contribution in [0.3, 0.4) is 0 Å². The molecule has 0 saturated carbocycles. The molecule has 0 aliphatic heterocycles. The molecule has 0 aliphatic rings. The SMILES string of the molecule is CC#Cc1nc([N+](=O)[O-])c(CC[I-](C)(C)C/C=C/C(=O)Nc2cc3c(Nc4ccc(OCc5ccccn5)c(Br)c4)ncnc3cn2)n1C. The number of nitro groups is 1. The first kappa shape index (κ1) is 35.4. The van der Waals surface area contributed by atoms with E-state index in [2.05, 4.69) is 73.2 Å². The second kappa shape index (κ2) is 16.0. The minimum absolute atomic E-state index is 0.147. The van der Waals surface area contributed by atoms with Crippen LogP contribution in [0.5, 0.6) is 5.75 Å². The van der Waals surface area contributed by atoms with Gasteiger partial charge in [0.1, 0.15) is 12.4 Å². The molecule has 13 nitrogen and oxygen atoms in total. The molecule has 1 amide bonds. The number of nitrogens with zero attached hydrogens (tertiary/aromatic N) is 7. The number of fused-ring (bicyclic) bond motifs is 1. The van der Waals surface area contributed by atoms with E-state index in [1.54, 1.807) is 37.0 Å². The number of pyridine rings is 2. The summed E-state index contributed by atoms with van der Waals surface area (Å²) in [5, 5.41) is 18.4. The normalized spacial score (nSPS) is 11.6. The van der Waals surface area contributed by atoms with Crippen LogP contribution in [0.4, 0.5) is 23.1 Å². The number of nitrogens with one attached hydrogen (secondary N) is 2. The molecule has 0 bridgehead atoms. The number of hydrogen-bond donors (Lipinski definition) is 2. The first-order chi connectivity index (χ1) is 23.5. The summed E-state index contributed by atoms with van der Waals surface area (Å²) in [4.78, 5) is 49.9. The Morgan fingerprint density at radius 2 is 2.00 bits per heavy atom. The zero-order valence-corrected chi connectivity index (χ0v) is 31.0. The predicted molar refractivity (Wildman–Crippen MR) is 189 cm³/mol. The van der Waals surface area contributed by atoms with Crippen LogP contribution in [0.15, 0.2) is 77.8 Å². The summed E-state index contributed by atoms with van der Waals surface area (Å²) in [6.07, 6.45) is 8.66. The maximum absolute atomic E-state index is 12.8. The summed E-state index contributed by atoms with van der Waals surface area (Å²) < 4.78 is 9.94. The van der Waals surface area contributed by atoms with Crippen molar-refractivity contribution >= 4 is 55.9 Å². The molecule has 0 spiro atoms. The average molecular weight is 840 g/mol. The van der Waals surface area contributed by atoms with E-state index in [-0.39, 0.29) is 11.7 Å². The van der Waals surface area contributed by atoms with Crippen molar-refractivity contribution in [2.75, 3.05) is 29.3 Å². The number of halogens is 2. The van der Waals surface area contributed by atoms with Crippen molar-refractivity contribution in [3.63, 3.8) is 0 Å². The number of rotatable bonds is 13. The number of carbonyl (C=O) groups excluding carboxylic acids is 1. The van der Waals surface area contributed by atoms with Crippen molar-refractivity contribution in [1.82, 2.24) is 29.5 Å². The summed E-state index contributed by atoms with van der Waals surface area (Å²) >= 11 is 1.24. The van der Waals surface area contributed by atoms with E-state index in [4.69, 9.17) is 4.74 Å². The Bertz CT molecular complexity index is 2090. The molecule has 4 aromatic heterocycles. The van der Waals surface area contributed by atoms with Gasteiger partial charge in [0.05, 0.1) is 10.2 Å². The standard InChI is InChI=1S/C34H34BrIN9O4/c1-5-9-31-43-34(45(47)48)28(44(31)4)14-16-36(2,3)15-8-11-32(46)42-30-19-25-27(20-38-30)39-22-40-33(25)41-23-12-13-29(26(35)18-23)49-21-24-10-6-7-17-37-24/h6-8,10-13,17-20,22H,14-16,21H2,1-4H3,(H,38,42,46)(H,39,40,41)/q-1/b11-8+. The topological polar surface area (TPSA) is 163 Å². The van der Waals surface area contributed by atoms with Gasteiger partial charge in [0, 0.05) is 6.20 Å². The van der Waals surface area contributed by atoms with Crippen molar-refractivity contribution in [3.8, 4) is 17.6 Å². The number of ether oxygens (including phenoxy) is 1. The van der Waals surface area contributed by atoms with Gasteiger partial charge in [0.15, 0.2) is 0 Å². The molecule has 0 fully saturated rings. The van der Waals surface area contributed by atoms with E-state index in [0.717, 1.165) is 24.7 Å². The number of allylic oxidation sites excluding steroid dienone is 1. The number of alkyl halides is 4. The Labute approximate surface area is 295 Å². The van der Waals surface area contributed by atoms with E-state index in [9.17, 15) is 14.9 Å². The minimum atomic E-state index is -2.34. The number of carbonyl (C=O) groups is 1. The van der Waals surface area contributed by atoms with Gasteiger partial charge >= 0.3 is 219 Å². The van der Waals surface area contributed by atoms with Crippen molar-refractivity contribution in [3.05, 3.63) is 105 Å². The molecule has 1 aromatic carbocycles. The zero-order valence-electron chi connectivity index (χ0n) is 27.3.